The summed E-state index contributed by atoms with van der Waals surface area (Å²) in [4.78, 5) is 25.6. The predicted octanol–water partition coefficient (Wildman–Crippen LogP) is 6.92. The monoisotopic (exact) mass is 771 g/mol. The van der Waals surface area contributed by atoms with E-state index in [-0.39, 0.29) is 39.0 Å². The molecule has 16 heteroatoms. The van der Waals surface area contributed by atoms with Crippen molar-refractivity contribution in [3.8, 4) is 22.6 Å². The quantitative estimate of drug-likeness (QED) is 0.214. The summed E-state index contributed by atoms with van der Waals surface area (Å²) in [5.74, 6) is -6.65. The first kappa shape index (κ1) is 41.0. The van der Waals surface area contributed by atoms with E-state index in [4.69, 9.17) is 20.3 Å². The van der Waals surface area contributed by atoms with Crippen LogP contribution >= 0.6 is 0 Å². The van der Waals surface area contributed by atoms with Crippen molar-refractivity contribution in [1.29, 1.82) is 0 Å². The molecule has 1 unspecified atom stereocenters. The van der Waals surface area contributed by atoms with E-state index in [0.717, 1.165) is 33.0 Å². The third-order valence-corrected chi connectivity index (χ3v) is 10.7. The molecule has 0 saturated carbocycles. The number of carbonyl (C=O) groups excluding carboxylic acids is 1. The third kappa shape index (κ3) is 8.70. The van der Waals surface area contributed by atoms with E-state index in [1.165, 1.54) is 4.90 Å². The second-order valence-electron chi connectivity index (χ2n) is 14.0. The number of carboxylic acid groups (broad SMARTS) is 1. The van der Waals surface area contributed by atoms with E-state index >= 15 is 0 Å². The van der Waals surface area contributed by atoms with Crippen LogP contribution in [0.15, 0.2) is 48.5 Å². The number of likely N-dealkylation sites (tertiary alicyclic amines) is 2. The van der Waals surface area contributed by atoms with Crippen LogP contribution in [0.1, 0.15) is 43.2 Å². The second-order valence-corrected chi connectivity index (χ2v) is 14.0. The van der Waals surface area contributed by atoms with Crippen molar-refractivity contribution in [2.45, 2.75) is 69.1 Å². The standard InChI is InChI=1S/C27H29F2NO4.C11H15F5N2O2/c1-33-23-11-9-19(17-30-15-13-27(28,29)14-16-30)26(34-2)25(23)22-8-4-6-20-18(10-12-24(31)32)5-3-7-21(20)22;12-10(13)6-20-5-7(10)18-3-1-9(2-4-18,8(17)19)11(14,15)16/h3-9,11H,10,12-17H2,1-2H3,(H,31,32);7H,1-6H2,(H2,17,19). The normalized spacial score (nSPS) is 21.2. The summed E-state index contributed by atoms with van der Waals surface area (Å²) >= 11 is 0. The Hall–Kier alpha value is -4.15. The number of aryl methyl sites for hydroxylation is 1. The van der Waals surface area contributed by atoms with Crippen LogP contribution in [-0.4, -0.2) is 104 Å². The van der Waals surface area contributed by atoms with Gasteiger partial charge in [-0.3, -0.25) is 19.4 Å². The van der Waals surface area contributed by atoms with Crippen LogP contribution in [-0.2, 0) is 27.3 Å². The number of primary amides is 1. The smallest absolute Gasteiger partial charge is 0.403 e. The van der Waals surface area contributed by atoms with Crippen LogP contribution in [0.25, 0.3) is 21.9 Å². The van der Waals surface area contributed by atoms with Crippen molar-refractivity contribution in [2.24, 2.45) is 11.1 Å². The number of halogens is 7. The molecule has 6 rings (SSSR count). The molecule has 1 amide bonds. The van der Waals surface area contributed by atoms with Crippen LogP contribution in [0.3, 0.4) is 0 Å². The first-order chi connectivity index (χ1) is 25.4. The average Bonchev–Trinajstić information content (AvgIpc) is 3.49. The van der Waals surface area contributed by atoms with Crippen molar-refractivity contribution in [3.05, 3.63) is 59.7 Å². The number of alkyl halides is 7. The van der Waals surface area contributed by atoms with Crippen LogP contribution < -0.4 is 15.2 Å². The van der Waals surface area contributed by atoms with E-state index in [0.29, 0.717) is 37.6 Å². The van der Waals surface area contributed by atoms with E-state index in [9.17, 15) is 40.3 Å². The highest BCUT2D eigenvalue weighted by Gasteiger charge is 2.61. The maximum Gasteiger partial charge on any atom is 0.403 e. The highest BCUT2D eigenvalue weighted by atomic mass is 19.4. The van der Waals surface area contributed by atoms with Gasteiger partial charge in [0, 0.05) is 57.5 Å². The number of nitrogens with zero attached hydrogens (tertiary/aromatic N) is 2. The number of ether oxygens (including phenoxy) is 3. The van der Waals surface area contributed by atoms with Gasteiger partial charge in [-0.05, 0) is 47.2 Å². The Morgan fingerprint density at radius 3 is 2.09 bits per heavy atom. The SMILES string of the molecule is COc1ccc(CN2CCC(F)(F)CC2)c(OC)c1-c1cccc2c(CCC(=O)O)cccc12.NC(=O)C1(C(F)(F)F)CCN(C2COCC2(F)F)CC1. The van der Waals surface area contributed by atoms with Gasteiger partial charge in [-0.1, -0.05) is 42.5 Å². The summed E-state index contributed by atoms with van der Waals surface area (Å²) in [6, 6.07) is 14.4. The average molecular weight is 772 g/mol. The molecule has 3 aromatic rings. The number of rotatable bonds is 10. The molecule has 54 heavy (non-hydrogen) atoms. The number of methoxy groups -OCH3 is 2. The molecule has 3 aliphatic heterocycles. The lowest BCUT2D eigenvalue weighted by Gasteiger charge is -2.43. The molecule has 0 aliphatic carbocycles. The number of amides is 1. The van der Waals surface area contributed by atoms with Gasteiger partial charge < -0.3 is 25.1 Å². The zero-order valence-corrected chi connectivity index (χ0v) is 30.0. The third-order valence-electron chi connectivity index (χ3n) is 10.7. The van der Waals surface area contributed by atoms with Crippen LogP contribution in [0, 0.1) is 5.41 Å². The van der Waals surface area contributed by atoms with Crippen molar-refractivity contribution in [2.75, 3.05) is 53.6 Å². The first-order valence-electron chi connectivity index (χ1n) is 17.6. The van der Waals surface area contributed by atoms with Gasteiger partial charge in [0.25, 0.3) is 11.8 Å². The Balaban J connectivity index is 0.000000239. The molecule has 3 fully saturated rings. The van der Waals surface area contributed by atoms with Gasteiger partial charge in [-0.25, -0.2) is 17.6 Å². The summed E-state index contributed by atoms with van der Waals surface area (Å²) in [5.41, 5.74) is 5.86. The van der Waals surface area contributed by atoms with Crippen LogP contribution in [0.4, 0.5) is 30.7 Å². The fraction of sp³-hybridized carbons (Fsp3) is 0.526. The maximum absolute atomic E-state index is 13.6. The number of fused-ring (bicyclic) bond motifs is 1. The number of hydrogen-bond donors (Lipinski definition) is 2. The molecule has 3 saturated heterocycles. The number of benzene rings is 3. The van der Waals surface area contributed by atoms with Gasteiger partial charge in [0.05, 0.1) is 32.4 Å². The van der Waals surface area contributed by atoms with Crippen molar-refractivity contribution >= 4 is 22.6 Å². The predicted molar refractivity (Wildman–Crippen MR) is 186 cm³/mol. The minimum Gasteiger partial charge on any atom is -0.496 e. The molecule has 3 aliphatic rings. The molecular weight excluding hydrogens is 727 g/mol. The molecular formula is C38H44F7N3O6. The molecule has 3 aromatic carbocycles. The first-order valence-corrected chi connectivity index (χ1v) is 17.6. The number of aliphatic carboxylic acids is 1. The zero-order valence-electron chi connectivity index (χ0n) is 30.0. The second kappa shape index (κ2) is 16.3. The fourth-order valence-electron chi connectivity index (χ4n) is 7.51. The van der Waals surface area contributed by atoms with E-state index in [1.807, 2.05) is 53.4 Å². The summed E-state index contributed by atoms with van der Waals surface area (Å²) in [6.45, 7) is -0.294. The molecule has 1 atom stereocenters. The van der Waals surface area contributed by atoms with E-state index in [1.54, 1.807) is 14.2 Å². The number of nitrogens with two attached hydrogens (primary N) is 1. The Kier molecular flexibility index (Phi) is 12.4. The lowest BCUT2D eigenvalue weighted by Crippen LogP contribution is -2.58. The fourth-order valence-corrected chi connectivity index (χ4v) is 7.51. The molecule has 0 aromatic heterocycles. The molecule has 0 spiro atoms. The van der Waals surface area contributed by atoms with Crippen molar-refractivity contribution < 1.29 is 59.6 Å². The summed E-state index contributed by atoms with van der Waals surface area (Å²) in [7, 11) is 3.21. The highest BCUT2D eigenvalue weighted by molar-refractivity contribution is 6.01. The Labute approximate surface area is 308 Å². The Morgan fingerprint density at radius 2 is 1.54 bits per heavy atom. The van der Waals surface area contributed by atoms with Gasteiger partial charge in [-0.15, -0.1) is 0 Å². The lowest BCUT2D eigenvalue weighted by atomic mass is 9.76. The molecule has 3 heterocycles. The topological polar surface area (TPSA) is 115 Å². The molecule has 0 radical (unpaired) electrons. The lowest BCUT2D eigenvalue weighted by molar-refractivity contribution is -0.233. The van der Waals surface area contributed by atoms with E-state index < -0.39 is 60.8 Å². The number of hydrogen-bond acceptors (Lipinski definition) is 7. The van der Waals surface area contributed by atoms with Crippen molar-refractivity contribution in [1.82, 2.24) is 9.80 Å². The number of carbonyl (C=O) groups is 2. The van der Waals surface area contributed by atoms with Crippen LogP contribution in [0.5, 0.6) is 11.5 Å². The molecule has 3 N–H and O–H groups in total. The largest absolute Gasteiger partial charge is 0.496 e. The molecule has 9 nitrogen and oxygen atoms in total. The summed E-state index contributed by atoms with van der Waals surface area (Å²) < 4.78 is 110. The highest BCUT2D eigenvalue weighted by Crippen LogP contribution is 2.48. The van der Waals surface area contributed by atoms with Gasteiger partial charge >= 0.3 is 12.1 Å². The van der Waals surface area contributed by atoms with Gasteiger partial charge in [0.1, 0.15) is 23.5 Å². The number of carboxylic acids is 1. The summed E-state index contributed by atoms with van der Waals surface area (Å²) in [5, 5.41) is 11.1. The van der Waals surface area contributed by atoms with Crippen LogP contribution in [0.2, 0.25) is 0 Å². The molecule has 296 valence electrons. The maximum atomic E-state index is 13.6. The zero-order chi connectivity index (χ0) is 39.5. The minimum atomic E-state index is -4.76. The Bertz CT molecular complexity index is 1800. The van der Waals surface area contributed by atoms with Crippen molar-refractivity contribution in [3.63, 3.8) is 0 Å². The van der Waals surface area contributed by atoms with Gasteiger partial charge in [0.2, 0.25) is 5.91 Å². The minimum absolute atomic E-state index is 0.0559. The summed E-state index contributed by atoms with van der Waals surface area (Å²) in [6.07, 6.45) is -5.75. The van der Waals surface area contributed by atoms with Gasteiger partial charge in [-0.2, -0.15) is 13.2 Å². The Morgan fingerprint density at radius 1 is 0.889 bits per heavy atom. The van der Waals surface area contributed by atoms with E-state index in [2.05, 4.69) is 4.74 Å². The van der Waals surface area contributed by atoms with Gasteiger partial charge in [0.15, 0.2) is 0 Å². The number of piperidine rings is 2. The molecule has 0 bridgehead atoms.